The van der Waals surface area contributed by atoms with Crippen LogP contribution >= 0.6 is 11.3 Å². The summed E-state index contributed by atoms with van der Waals surface area (Å²) in [7, 11) is -3.44. The Morgan fingerprint density at radius 1 is 0.931 bits per heavy atom. The van der Waals surface area contributed by atoms with Crippen LogP contribution in [0.3, 0.4) is 0 Å². The van der Waals surface area contributed by atoms with Crippen LogP contribution in [0.5, 0.6) is 0 Å². The van der Waals surface area contributed by atoms with Gasteiger partial charge in [0.25, 0.3) is 15.7 Å². The van der Waals surface area contributed by atoms with E-state index in [0.29, 0.717) is 36.1 Å². The van der Waals surface area contributed by atoms with Crippen LogP contribution in [0.25, 0.3) is 0 Å². The third kappa shape index (κ3) is 4.10. The number of rotatable bonds is 5. The fourth-order valence-electron chi connectivity index (χ4n) is 3.98. The summed E-state index contributed by atoms with van der Waals surface area (Å²) in [6.07, 6.45) is 3.24. The fourth-order valence-corrected chi connectivity index (χ4v) is 6.54. The second-order valence-electron chi connectivity index (χ2n) is 7.30. The number of nitrogens with zero attached hydrogens (tertiary/aromatic N) is 4. The van der Waals surface area contributed by atoms with Crippen LogP contribution < -0.4 is 9.80 Å². The van der Waals surface area contributed by atoms with Crippen molar-refractivity contribution in [3.05, 3.63) is 45.8 Å². The maximum atomic E-state index is 12.7. The summed E-state index contributed by atoms with van der Waals surface area (Å²) >= 11 is 1.23. The Bertz CT molecular complexity index is 964. The lowest BCUT2D eigenvalue weighted by molar-refractivity contribution is -0.384. The third-order valence-electron chi connectivity index (χ3n) is 5.55. The van der Waals surface area contributed by atoms with Gasteiger partial charge in [-0.15, -0.1) is 11.3 Å². The van der Waals surface area contributed by atoms with Gasteiger partial charge in [0.1, 0.15) is 9.90 Å². The number of benzene rings is 1. The van der Waals surface area contributed by atoms with Gasteiger partial charge in [0.05, 0.1) is 4.92 Å². The van der Waals surface area contributed by atoms with E-state index in [9.17, 15) is 18.5 Å². The molecule has 2 fully saturated rings. The highest BCUT2D eigenvalue weighted by atomic mass is 32.2. The van der Waals surface area contributed by atoms with Crippen molar-refractivity contribution in [1.82, 2.24) is 4.31 Å². The van der Waals surface area contributed by atoms with Crippen molar-refractivity contribution in [2.75, 3.05) is 49.1 Å². The first-order valence-corrected chi connectivity index (χ1v) is 12.1. The Morgan fingerprint density at radius 2 is 1.66 bits per heavy atom. The van der Waals surface area contributed by atoms with Crippen LogP contribution in [0, 0.1) is 10.1 Å². The molecule has 0 atom stereocenters. The van der Waals surface area contributed by atoms with Crippen molar-refractivity contribution in [3.8, 4) is 0 Å². The molecule has 2 aromatic rings. The molecule has 3 heterocycles. The molecule has 10 heteroatoms. The molecular weight excluding hydrogens is 412 g/mol. The number of thiophene rings is 1. The average molecular weight is 437 g/mol. The lowest BCUT2D eigenvalue weighted by atomic mass is 10.1. The molecule has 2 aliphatic heterocycles. The zero-order valence-electron chi connectivity index (χ0n) is 16.1. The summed E-state index contributed by atoms with van der Waals surface area (Å²) in [6.45, 7) is 3.57. The van der Waals surface area contributed by atoms with Gasteiger partial charge in [-0.2, -0.15) is 4.31 Å². The van der Waals surface area contributed by atoms with Crippen molar-refractivity contribution in [1.29, 1.82) is 0 Å². The molecule has 2 aliphatic rings. The fraction of sp³-hybridized carbons (Fsp3) is 0.474. The summed E-state index contributed by atoms with van der Waals surface area (Å²) in [6, 6.07) is 8.62. The van der Waals surface area contributed by atoms with E-state index in [1.807, 2.05) is 6.07 Å². The zero-order valence-corrected chi connectivity index (χ0v) is 17.7. The SMILES string of the molecule is O=[N+]([O-])c1ccc(N2CCN(S(=O)(=O)c3cccs3)CC2)cc1N1CCCCC1. The van der Waals surface area contributed by atoms with Crippen molar-refractivity contribution in [2.45, 2.75) is 23.5 Å². The van der Waals surface area contributed by atoms with Gasteiger partial charge in [-0.05, 0) is 42.8 Å². The van der Waals surface area contributed by atoms with E-state index in [-0.39, 0.29) is 10.6 Å². The predicted molar refractivity (Wildman–Crippen MR) is 114 cm³/mol. The average Bonchev–Trinajstić information content (AvgIpc) is 3.30. The molecule has 0 amide bonds. The van der Waals surface area contributed by atoms with Gasteiger partial charge in [-0.1, -0.05) is 6.07 Å². The molecule has 0 N–H and O–H groups in total. The number of nitro benzene ring substituents is 1. The number of hydrogen-bond acceptors (Lipinski definition) is 7. The highest BCUT2D eigenvalue weighted by molar-refractivity contribution is 7.91. The smallest absolute Gasteiger partial charge is 0.292 e. The minimum absolute atomic E-state index is 0.134. The Morgan fingerprint density at radius 3 is 2.28 bits per heavy atom. The summed E-state index contributed by atoms with van der Waals surface area (Å²) in [4.78, 5) is 15.4. The van der Waals surface area contributed by atoms with Gasteiger partial charge in [-0.25, -0.2) is 8.42 Å². The Labute approximate surface area is 174 Å². The quantitative estimate of drug-likeness (QED) is 0.529. The maximum Gasteiger partial charge on any atom is 0.292 e. The van der Waals surface area contributed by atoms with Crippen molar-refractivity contribution in [3.63, 3.8) is 0 Å². The molecule has 0 aliphatic carbocycles. The number of hydrogen-bond donors (Lipinski definition) is 0. The van der Waals surface area contributed by atoms with Gasteiger partial charge >= 0.3 is 0 Å². The van der Waals surface area contributed by atoms with E-state index in [4.69, 9.17) is 0 Å². The van der Waals surface area contributed by atoms with E-state index in [1.54, 1.807) is 29.6 Å². The first-order valence-electron chi connectivity index (χ1n) is 9.79. The second kappa shape index (κ2) is 8.29. The van der Waals surface area contributed by atoms with E-state index >= 15 is 0 Å². The van der Waals surface area contributed by atoms with E-state index in [0.717, 1.165) is 38.0 Å². The van der Waals surface area contributed by atoms with E-state index < -0.39 is 10.0 Å². The zero-order chi connectivity index (χ0) is 20.4. The highest BCUT2D eigenvalue weighted by Crippen LogP contribution is 2.35. The molecule has 4 rings (SSSR count). The molecule has 2 saturated heterocycles. The second-order valence-corrected chi connectivity index (χ2v) is 10.4. The monoisotopic (exact) mass is 436 g/mol. The van der Waals surface area contributed by atoms with Crippen LogP contribution in [0.4, 0.5) is 17.1 Å². The summed E-state index contributed by atoms with van der Waals surface area (Å²) in [5.74, 6) is 0. The standard InChI is InChI=1S/C19H24N4O4S2/c24-23(25)17-7-6-16(15-18(17)21-8-2-1-3-9-21)20-10-12-22(13-11-20)29(26,27)19-5-4-14-28-19/h4-7,14-15H,1-3,8-13H2. The van der Waals surface area contributed by atoms with Gasteiger partial charge in [0.15, 0.2) is 0 Å². The van der Waals surface area contributed by atoms with Gasteiger partial charge in [-0.3, -0.25) is 10.1 Å². The Balaban J connectivity index is 1.52. The molecule has 1 aromatic heterocycles. The molecule has 0 unspecified atom stereocenters. The summed E-state index contributed by atoms with van der Waals surface area (Å²) in [5, 5.41) is 13.3. The highest BCUT2D eigenvalue weighted by Gasteiger charge is 2.30. The molecule has 0 radical (unpaired) electrons. The molecule has 1 aromatic carbocycles. The maximum absolute atomic E-state index is 12.7. The van der Waals surface area contributed by atoms with Crippen LogP contribution in [0.1, 0.15) is 19.3 Å². The normalized spacial score (nSPS) is 18.8. The van der Waals surface area contributed by atoms with Gasteiger partial charge < -0.3 is 9.80 Å². The molecule has 156 valence electrons. The van der Waals surface area contributed by atoms with Crippen LogP contribution in [0.2, 0.25) is 0 Å². The minimum Gasteiger partial charge on any atom is -0.369 e. The molecule has 0 saturated carbocycles. The lowest BCUT2D eigenvalue weighted by Gasteiger charge is -2.36. The molecule has 0 spiro atoms. The Hall–Kier alpha value is -2.17. The molecular formula is C19H24N4O4S2. The predicted octanol–water partition coefficient (Wildman–Crippen LogP) is 3.16. The van der Waals surface area contributed by atoms with Crippen LogP contribution in [0.15, 0.2) is 39.9 Å². The first-order chi connectivity index (χ1) is 14.0. The third-order valence-corrected chi connectivity index (χ3v) is 8.82. The topological polar surface area (TPSA) is 87.0 Å². The van der Waals surface area contributed by atoms with Gasteiger partial charge in [0.2, 0.25) is 0 Å². The van der Waals surface area contributed by atoms with Gasteiger partial charge in [0, 0.05) is 51.0 Å². The van der Waals surface area contributed by atoms with Crippen molar-refractivity contribution >= 4 is 38.4 Å². The minimum atomic E-state index is -3.44. The number of anilines is 2. The van der Waals surface area contributed by atoms with E-state index in [2.05, 4.69) is 9.80 Å². The number of piperazine rings is 1. The number of sulfonamides is 1. The number of nitro groups is 1. The van der Waals surface area contributed by atoms with Crippen molar-refractivity contribution < 1.29 is 13.3 Å². The van der Waals surface area contributed by atoms with Crippen LogP contribution in [-0.4, -0.2) is 56.9 Å². The molecule has 8 nitrogen and oxygen atoms in total. The Kier molecular flexibility index (Phi) is 5.75. The summed E-state index contributed by atoms with van der Waals surface area (Å²) < 4.78 is 27.3. The largest absolute Gasteiger partial charge is 0.369 e. The summed E-state index contributed by atoms with van der Waals surface area (Å²) in [5.41, 5.74) is 1.71. The molecule has 0 bridgehead atoms. The van der Waals surface area contributed by atoms with E-state index in [1.165, 1.54) is 15.6 Å². The first kappa shape index (κ1) is 20.1. The number of piperidine rings is 1. The molecule has 29 heavy (non-hydrogen) atoms. The lowest BCUT2D eigenvalue weighted by Crippen LogP contribution is -2.48. The van der Waals surface area contributed by atoms with Crippen molar-refractivity contribution in [2.24, 2.45) is 0 Å². The van der Waals surface area contributed by atoms with Crippen LogP contribution in [-0.2, 0) is 10.0 Å².